The van der Waals surface area contributed by atoms with Crippen molar-refractivity contribution in [2.45, 2.75) is 0 Å². The van der Waals surface area contributed by atoms with Crippen LogP contribution >= 0.6 is 22.6 Å². The lowest BCUT2D eigenvalue weighted by atomic mass is 10.0. The summed E-state index contributed by atoms with van der Waals surface area (Å²) >= 11 is 2.32. The molecule has 0 spiro atoms. The fourth-order valence-corrected chi connectivity index (χ4v) is 3.34. The summed E-state index contributed by atoms with van der Waals surface area (Å²) in [7, 11) is 0. The van der Waals surface area contributed by atoms with Gasteiger partial charge in [0.05, 0.1) is 11.4 Å². The fourth-order valence-electron chi connectivity index (χ4n) is 2.79. The van der Waals surface area contributed by atoms with Crippen LogP contribution in [0.4, 0.5) is 0 Å². The van der Waals surface area contributed by atoms with Crippen LogP contribution in [0.1, 0.15) is 0 Å². The van der Waals surface area contributed by atoms with Crippen molar-refractivity contribution in [3.05, 3.63) is 94.8 Å². The second-order valence-electron chi connectivity index (χ2n) is 5.74. The second-order valence-corrected chi connectivity index (χ2v) is 6.98. The van der Waals surface area contributed by atoms with Gasteiger partial charge in [-0.15, -0.1) is 0 Å². The van der Waals surface area contributed by atoms with Crippen LogP contribution in [0.25, 0.3) is 33.6 Å². The van der Waals surface area contributed by atoms with Crippen molar-refractivity contribution in [2.75, 3.05) is 0 Å². The molecule has 0 unspecified atom stereocenters. The van der Waals surface area contributed by atoms with E-state index >= 15 is 0 Å². The van der Waals surface area contributed by atoms with Crippen molar-refractivity contribution in [1.82, 2.24) is 9.97 Å². The zero-order valence-electron chi connectivity index (χ0n) is 13.4. The van der Waals surface area contributed by atoms with E-state index in [0.717, 1.165) is 22.5 Å². The fraction of sp³-hybridized carbons (Fsp3) is 0. The lowest BCUT2D eigenvalue weighted by Crippen LogP contribution is -1.89. The number of hydrogen-bond donors (Lipinski definition) is 0. The first-order valence-electron chi connectivity index (χ1n) is 8.03. The van der Waals surface area contributed by atoms with Crippen LogP contribution in [-0.4, -0.2) is 9.97 Å². The Morgan fingerprint density at radius 3 is 1.84 bits per heavy atom. The molecule has 0 atom stereocenters. The van der Waals surface area contributed by atoms with Crippen molar-refractivity contribution >= 4 is 22.6 Å². The molecule has 4 rings (SSSR count). The summed E-state index contributed by atoms with van der Waals surface area (Å²) in [6, 6.07) is 27.0. The summed E-state index contributed by atoms with van der Waals surface area (Å²) in [6.45, 7) is 0. The molecule has 0 radical (unpaired) electrons. The van der Waals surface area contributed by atoms with Crippen molar-refractivity contribution in [3.8, 4) is 33.6 Å². The standard InChI is InChI=1S/C22H15IN2/c23-20-8-4-7-18(13-20)22-15-19(10-12-25-22)21-14-17(9-11-24-21)16-5-2-1-3-6-16/h1-15H. The second kappa shape index (κ2) is 7.15. The monoisotopic (exact) mass is 434 g/mol. The molecule has 2 aromatic carbocycles. The molecule has 0 saturated heterocycles. The third-order valence-electron chi connectivity index (χ3n) is 4.04. The van der Waals surface area contributed by atoms with Gasteiger partial charge in [-0.3, -0.25) is 9.97 Å². The highest BCUT2D eigenvalue weighted by molar-refractivity contribution is 14.1. The zero-order valence-corrected chi connectivity index (χ0v) is 15.6. The minimum Gasteiger partial charge on any atom is -0.256 e. The van der Waals surface area contributed by atoms with E-state index in [4.69, 9.17) is 0 Å². The molecule has 120 valence electrons. The van der Waals surface area contributed by atoms with Gasteiger partial charge in [-0.25, -0.2) is 0 Å². The normalized spacial score (nSPS) is 10.6. The maximum atomic E-state index is 4.56. The summed E-state index contributed by atoms with van der Waals surface area (Å²) < 4.78 is 1.20. The largest absolute Gasteiger partial charge is 0.256 e. The molecule has 25 heavy (non-hydrogen) atoms. The molecule has 0 aliphatic rings. The molecule has 0 N–H and O–H groups in total. The molecule has 0 fully saturated rings. The Kier molecular flexibility index (Phi) is 4.57. The first-order chi connectivity index (χ1) is 12.3. The van der Waals surface area contributed by atoms with E-state index in [-0.39, 0.29) is 0 Å². The molecule has 0 bridgehead atoms. The third kappa shape index (κ3) is 3.61. The van der Waals surface area contributed by atoms with Crippen molar-refractivity contribution in [2.24, 2.45) is 0 Å². The third-order valence-corrected chi connectivity index (χ3v) is 4.71. The van der Waals surface area contributed by atoms with E-state index in [1.54, 1.807) is 0 Å². The molecule has 4 aromatic rings. The number of pyridine rings is 2. The Bertz CT molecular complexity index is 1010. The Balaban J connectivity index is 1.75. The molecule has 0 saturated carbocycles. The number of hydrogen-bond acceptors (Lipinski definition) is 2. The molecular formula is C22H15IN2. The van der Waals surface area contributed by atoms with Gasteiger partial charge in [-0.05, 0) is 70.1 Å². The van der Waals surface area contributed by atoms with Gasteiger partial charge in [-0.2, -0.15) is 0 Å². The highest BCUT2D eigenvalue weighted by Gasteiger charge is 2.06. The SMILES string of the molecule is Ic1cccc(-c2cc(-c3cc(-c4ccccc4)ccn3)ccn2)c1. The minimum atomic E-state index is 0.954. The first kappa shape index (κ1) is 16.0. The molecule has 0 aliphatic heterocycles. The maximum Gasteiger partial charge on any atom is 0.0709 e. The van der Waals surface area contributed by atoms with Gasteiger partial charge in [0, 0.05) is 27.1 Å². The number of halogens is 1. The van der Waals surface area contributed by atoms with E-state index < -0.39 is 0 Å². The first-order valence-corrected chi connectivity index (χ1v) is 9.11. The Morgan fingerprint density at radius 1 is 0.520 bits per heavy atom. The Morgan fingerprint density at radius 2 is 1.12 bits per heavy atom. The van der Waals surface area contributed by atoms with Crippen LogP contribution in [0.5, 0.6) is 0 Å². The zero-order chi connectivity index (χ0) is 17.1. The highest BCUT2D eigenvalue weighted by atomic mass is 127. The van der Waals surface area contributed by atoms with Gasteiger partial charge in [0.25, 0.3) is 0 Å². The summed E-state index contributed by atoms with van der Waals surface area (Å²) in [5, 5.41) is 0. The average Bonchev–Trinajstić information content (AvgIpc) is 2.69. The summed E-state index contributed by atoms with van der Waals surface area (Å²) in [5.74, 6) is 0. The molecule has 2 heterocycles. The quantitative estimate of drug-likeness (QED) is 0.365. The van der Waals surface area contributed by atoms with Crippen molar-refractivity contribution in [3.63, 3.8) is 0 Å². The summed E-state index contributed by atoms with van der Waals surface area (Å²) in [4.78, 5) is 9.08. The number of rotatable bonds is 3. The van der Waals surface area contributed by atoms with Crippen LogP contribution < -0.4 is 0 Å². The molecular weight excluding hydrogens is 419 g/mol. The lowest BCUT2D eigenvalue weighted by Gasteiger charge is -2.07. The maximum absolute atomic E-state index is 4.56. The van der Waals surface area contributed by atoms with Crippen LogP contribution in [-0.2, 0) is 0 Å². The van der Waals surface area contributed by atoms with Gasteiger partial charge in [0.1, 0.15) is 0 Å². The number of nitrogens with zero attached hydrogens (tertiary/aromatic N) is 2. The molecule has 0 amide bonds. The van der Waals surface area contributed by atoms with Crippen molar-refractivity contribution < 1.29 is 0 Å². The summed E-state index contributed by atoms with van der Waals surface area (Å²) in [6.07, 6.45) is 3.71. The number of benzene rings is 2. The predicted molar refractivity (Wildman–Crippen MR) is 111 cm³/mol. The van der Waals surface area contributed by atoms with E-state index in [9.17, 15) is 0 Å². The van der Waals surface area contributed by atoms with Crippen LogP contribution in [0, 0.1) is 3.57 Å². The van der Waals surface area contributed by atoms with Crippen LogP contribution in [0.3, 0.4) is 0 Å². The molecule has 3 heteroatoms. The van der Waals surface area contributed by atoms with Crippen LogP contribution in [0.15, 0.2) is 91.3 Å². The van der Waals surface area contributed by atoms with Gasteiger partial charge in [0.15, 0.2) is 0 Å². The molecule has 2 aromatic heterocycles. The predicted octanol–water partition coefficient (Wildman–Crippen LogP) is 6.08. The average molecular weight is 434 g/mol. The van der Waals surface area contributed by atoms with Gasteiger partial charge in [-0.1, -0.05) is 42.5 Å². The van der Waals surface area contributed by atoms with Gasteiger partial charge in [0.2, 0.25) is 0 Å². The van der Waals surface area contributed by atoms with E-state index in [1.165, 1.54) is 14.7 Å². The highest BCUT2D eigenvalue weighted by Crippen LogP contribution is 2.27. The number of aromatic nitrogens is 2. The van der Waals surface area contributed by atoms with Gasteiger partial charge >= 0.3 is 0 Å². The van der Waals surface area contributed by atoms with Crippen LogP contribution in [0.2, 0.25) is 0 Å². The summed E-state index contributed by atoms with van der Waals surface area (Å²) in [5.41, 5.74) is 6.46. The minimum absolute atomic E-state index is 0.954. The lowest BCUT2D eigenvalue weighted by molar-refractivity contribution is 1.29. The van der Waals surface area contributed by atoms with E-state index in [0.29, 0.717) is 0 Å². The van der Waals surface area contributed by atoms with Crippen molar-refractivity contribution in [1.29, 1.82) is 0 Å². The smallest absolute Gasteiger partial charge is 0.0709 e. The Labute approximate surface area is 160 Å². The van der Waals surface area contributed by atoms with Gasteiger partial charge < -0.3 is 0 Å². The van der Waals surface area contributed by atoms with E-state index in [1.807, 2.05) is 30.6 Å². The topological polar surface area (TPSA) is 25.8 Å². The van der Waals surface area contributed by atoms with E-state index in [2.05, 4.69) is 93.2 Å². The molecule has 2 nitrogen and oxygen atoms in total. The Hall–Kier alpha value is -2.53. The molecule has 0 aliphatic carbocycles.